The van der Waals surface area contributed by atoms with Crippen LogP contribution in [0.1, 0.15) is 44.5 Å². The number of benzene rings is 6. The minimum absolute atomic E-state index is 0.640. The van der Waals surface area contributed by atoms with Crippen LogP contribution in [0.4, 0.5) is 10.8 Å². The third-order valence-corrected chi connectivity index (χ3v) is 10.5. The lowest BCUT2D eigenvalue weighted by molar-refractivity contribution is 1.07. The number of halogens is 1. The van der Waals surface area contributed by atoms with E-state index in [4.69, 9.17) is 22.9 Å². The molecule has 0 aliphatic rings. The zero-order valence-electron chi connectivity index (χ0n) is 31.1. The monoisotopic (exact) mass is 796 g/mol. The predicted molar refractivity (Wildman–Crippen MR) is 236 cm³/mol. The lowest BCUT2D eigenvalue weighted by Gasteiger charge is -2.14. The molecular weight excluding hydrogens is 753 g/mol. The number of aliphatic imine (C=N–C) groups is 1. The normalized spacial score (nSPS) is 10.4. The molecule has 7 rings (SSSR count). The molecule has 53 heavy (non-hydrogen) atoms. The maximum absolute atomic E-state index is 5.35. The van der Waals surface area contributed by atoms with Gasteiger partial charge in [0.25, 0.3) is 0 Å². The van der Waals surface area contributed by atoms with Gasteiger partial charge in [-0.3, -0.25) is 0 Å². The molecule has 0 aliphatic carbocycles. The third kappa shape index (κ3) is 10.2. The molecule has 0 fully saturated rings. The number of rotatable bonds is 7. The average Bonchev–Trinajstić information content (AvgIpc) is 3.57. The van der Waals surface area contributed by atoms with Gasteiger partial charge in [-0.2, -0.15) is 4.99 Å². The van der Waals surface area contributed by atoms with Gasteiger partial charge < -0.3 is 11.1 Å². The van der Waals surface area contributed by atoms with Gasteiger partial charge in [-0.25, -0.2) is 4.98 Å². The number of para-hydroxylation sites is 2. The fourth-order valence-corrected chi connectivity index (χ4v) is 8.13. The van der Waals surface area contributed by atoms with Crippen LogP contribution in [0.2, 0.25) is 0 Å². The number of nitrogens with one attached hydrogen (secondary N) is 1. The van der Waals surface area contributed by atoms with E-state index in [9.17, 15) is 0 Å². The molecule has 0 unspecified atom stereocenters. The highest BCUT2D eigenvalue weighted by Crippen LogP contribution is 2.40. The summed E-state index contributed by atoms with van der Waals surface area (Å²) in [6.45, 7) is 14.3. The summed E-state index contributed by atoms with van der Waals surface area (Å²) in [6.07, 6.45) is 0. The predicted octanol–water partition coefficient (Wildman–Crippen LogP) is 13.4. The lowest BCUT2D eigenvalue weighted by atomic mass is 9.93. The second-order valence-electron chi connectivity index (χ2n) is 13.1. The second-order valence-corrected chi connectivity index (χ2v) is 15.2. The minimum atomic E-state index is 0.640. The SMILES string of the molecule is Cc1cc(C)c(-c2cccc(Br)c2N=C=S)c(C)c1.Cc1cc(C)c(-c2cccc3sc(NCc4ccccc4)nc23)c(C)c1.NCc1ccccc1. The van der Waals surface area contributed by atoms with E-state index in [1.54, 1.807) is 11.3 Å². The number of aryl methyl sites for hydroxylation is 6. The number of thiazole rings is 1. The van der Waals surface area contributed by atoms with Crippen LogP contribution < -0.4 is 11.1 Å². The number of thiocarbonyl (C=S) groups is 1. The molecule has 0 atom stereocenters. The average molecular weight is 798 g/mol. The van der Waals surface area contributed by atoms with E-state index >= 15 is 0 Å². The number of nitrogens with two attached hydrogens (primary N) is 1. The Bertz CT molecular complexity index is 2320. The van der Waals surface area contributed by atoms with Crippen molar-refractivity contribution in [3.63, 3.8) is 0 Å². The lowest BCUT2D eigenvalue weighted by Crippen LogP contribution is -1.98. The summed E-state index contributed by atoms with van der Waals surface area (Å²) >= 11 is 10.00. The van der Waals surface area contributed by atoms with Gasteiger partial charge in [-0.05, 0) is 126 Å². The van der Waals surface area contributed by atoms with Crippen molar-refractivity contribution >= 4 is 65.7 Å². The van der Waals surface area contributed by atoms with Gasteiger partial charge in [0.1, 0.15) is 0 Å². The first-order chi connectivity index (χ1) is 25.6. The summed E-state index contributed by atoms with van der Waals surface area (Å²) in [4.78, 5) is 9.12. The van der Waals surface area contributed by atoms with Gasteiger partial charge in [-0.15, -0.1) is 0 Å². The van der Waals surface area contributed by atoms with E-state index in [0.29, 0.717) is 6.54 Å². The minimum Gasteiger partial charge on any atom is -0.357 e. The van der Waals surface area contributed by atoms with E-state index in [0.717, 1.165) is 32.9 Å². The first-order valence-electron chi connectivity index (χ1n) is 17.5. The Balaban J connectivity index is 0.000000175. The first kappa shape index (κ1) is 39.5. The van der Waals surface area contributed by atoms with Crippen molar-refractivity contribution in [3.8, 4) is 22.3 Å². The Morgan fingerprint density at radius 2 is 1.19 bits per heavy atom. The van der Waals surface area contributed by atoms with Gasteiger partial charge in [-0.1, -0.05) is 132 Å². The molecule has 0 saturated carbocycles. The fourth-order valence-electron chi connectivity index (χ4n) is 6.70. The number of anilines is 1. The molecule has 6 aromatic carbocycles. The smallest absolute Gasteiger partial charge is 0.184 e. The second kappa shape index (κ2) is 18.8. The number of nitrogens with zero attached hydrogens (tertiary/aromatic N) is 2. The van der Waals surface area contributed by atoms with Crippen molar-refractivity contribution in [2.45, 2.75) is 54.6 Å². The molecule has 7 aromatic rings. The van der Waals surface area contributed by atoms with Crippen LogP contribution in [0, 0.1) is 41.5 Å². The van der Waals surface area contributed by atoms with Crippen molar-refractivity contribution in [3.05, 3.63) is 170 Å². The summed E-state index contributed by atoms with van der Waals surface area (Å²) in [5, 5.41) is 6.91. The molecule has 0 amide bonds. The Labute approximate surface area is 332 Å². The van der Waals surface area contributed by atoms with E-state index in [-0.39, 0.29) is 0 Å². The molecular formula is C46H45BrN4S2. The standard InChI is InChI=1S/C23H22N2S.C16H14BrNS.C7H9N/c1-15-12-16(2)21(17(3)13-15)19-10-7-11-20-22(19)25-23(26-20)24-14-18-8-5-4-6-9-18;1-10-7-11(2)15(12(3)8-10)13-5-4-6-14(17)16(13)18-9-19;8-6-7-4-2-1-3-5-7/h4-13H,14H2,1-3H3,(H,24,25);4-8H,1-3H3;1-5H,6,8H2. The van der Waals surface area contributed by atoms with Crippen molar-refractivity contribution < 1.29 is 0 Å². The molecule has 1 heterocycles. The van der Waals surface area contributed by atoms with Gasteiger partial charge in [0, 0.05) is 28.7 Å². The van der Waals surface area contributed by atoms with Gasteiger partial charge >= 0.3 is 0 Å². The Hall–Kier alpha value is -4.75. The Morgan fingerprint density at radius 3 is 1.72 bits per heavy atom. The van der Waals surface area contributed by atoms with Crippen LogP contribution in [-0.2, 0) is 13.1 Å². The molecule has 3 N–H and O–H groups in total. The molecule has 1 aromatic heterocycles. The fraction of sp³-hybridized carbons (Fsp3) is 0.174. The molecule has 268 valence electrons. The maximum atomic E-state index is 5.35. The number of hydrogen-bond acceptors (Lipinski definition) is 6. The summed E-state index contributed by atoms with van der Waals surface area (Å²) in [5.41, 5.74) is 22.2. The summed E-state index contributed by atoms with van der Waals surface area (Å²) in [5.74, 6) is 0. The maximum Gasteiger partial charge on any atom is 0.184 e. The van der Waals surface area contributed by atoms with Crippen LogP contribution in [0.3, 0.4) is 0 Å². The molecule has 0 radical (unpaired) electrons. The number of isothiocyanates is 1. The zero-order chi connectivity index (χ0) is 37.9. The first-order valence-corrected chi connectivity index (χ1v) is 19.6. The molecule has 4 nitrogen and oxygen atoms in total. The molecule has 0 spiro atoms. The topological polar surface area (TPSA) is 63.3 Å². The van der Waals surface area contributed by atoms with Crippen LogP contribution in [-0.4, -0.2) is 10.1 Å². The molecule has 0 saturated heterocycles. The summed E-state index contributed by atoms with van der Waals surface area (Å²) in [6, 6.07) is 41.8. The van der Waals surface area contributed by atoms with Crippen molar-refractivity contribution in [2.75, 3.05) is 5.32 Å². The number of aromatic nitrogens is 1. The Kier molecular flexibility index (Phi) is 14.0. The quantitative estimate of drug-likeness (QED) is 0.125. The van der Waals surface area contributed by atoms with Crippen LogP contribution in [0.25, 0.3) is 32.5 Å². The van der Waals surface area contributed by atoms with Gasteiger partial charge in [0.2, 0.25) is 0 Å². The van der Waals surface area contributed by atoms with Crippen molar-refractivity contribution in [2.24, 2.45) is 10.7 Å². The number of fused-ring (bicyclic) bond motifs is 1. The number of hydrogen-bond donors (Lipinski definition) is 2. The highest BCUT2D eigenvalue weighted by molar-refractivity contribution is 9.10. The van der Waals surface area contributed by atoms with Gasteiger partial charge in [0.05, 0.1) is 21.1 Å². The van der Waals surface area contributed by atoms with E-state index in [1.807, 2.05) is 48.5 Å². The molecule has 7 heteroatoms. The van der Waals surface area contributed by atoms with Gasteiger partial charge in [0.15, 0.2) is 5.13 Å². The van der Waals surface area contributed by atoms with E-state index in [1.165, 1.54) is 65.9 Å². The largest absolute Gasteiger partial charge is 0.357 e. The van der Waals surface area contributed by atoms with E-state index in [2.05, 4.69) is 146 Å². The molecule has 0 aliphatic heterocycles. The summed E-state index contributed by atoms with van der Waals surface area (Å²) < 4.78 is 2.15. The highest BCUT2D eigenvalue weighted by atomic mass is 79.9. The van der Waals surface area contributed by atoms with E-state index < -0.39 is 0 Å². The zero-order valence-corrected chi connectivity index (χ0v) is 34.3. The van der Waals surface area contributed by atoms with Crippen LogP contribution in [0.15, 0.2) is 131 Å². The van der Waals surface area contributed by atoms with Crippen molar-refractivity contribution in [1.82, 2.24) is 4.98 Å². The van der Waals surface area contributed by atoms with Crippen LogP contribution in [0.5, 0.6) is 0 Å². The van der Waals surface area contributed by atoms with Crippen molar-refractivity contribution in [1.29, 1.82) is 0 Å². The molecule has 0 bridgehead atoms. The Morgan fingerprint density at radius 1 is 0.679 bits per heavy atom. The highest BCUT2D eigenvalue weighted by Gasteiger charge is 2.15. The summed E-state index contributed by atoms with van der Waals surface area (Å²) in [7, 11) is 0. The third-order valence-electron chi connectivity index (χ3n) is 8.82. The van der Waals surface area contributed by atoms with Crippen LogP contribution >= 0.6 is 39.5 Å².